The molecule has 0 saturated carbocycles. The molecule has 20 heavy (non-hydrogen) atoms. The van der Waals surface area contributed by atoms with E-state index in [4.69, 9.17) is 17.3 Å². The fourth-order valence-electron chi connectivity index (χ4n) is 2.35. The van der Waals surface area contributed by atoms with Crippen LogP contribution in [0, 0.1) is 0 Å². The van der Waals surface area contributed by atoms with Gasteiger partial charge in [0, 0.05) is 18.8 Å². The van der Waals surface area contributed by atoms with Crippen molar-refractivity contribution in [2.45, 2.75) is 45.2 Å². The van der Waals surface area contributed by atoms with Crippen LogP contribution in [-0.2, 0) is 6.42 Å². The van der Waals surface area contributed by atoms with E-state index in [2.05, 4.69) is 23.9 Å². The maximum Gasteiger partial charge on any atom is 0.0760 e. The molecule has 2 aromatic heterocycles. The van der Waals surface area contributed by atoms with Gasteiger partial charge in [0.15, 0.2) is 0 Å². The third kappa shape index (κ3) is 3.38. The van der Waals surface area contributed by atoms with E-state index in [9.17, 15) is 0 Å². The van der Waals surface area contributed by atoms with Gasteiger partial charge < -0.3 is 5.73 Å². The molecule has 0 fully saturated rings. The van der Waals surface area contributed by atoms with Crippen molar-refractivity contribution >= 4 is 11.6 Å². The summed E-state index contributed by atoms with van der Waals surface area (Å²) in [7, 11) is 0. The van der Waals surface area contributed by atoms with Crippen molar-refractivity contribution in [3.05, 3.63) is 47.0 Å². The second kappa shape index (κ2) is 6.86. The molecule has 0 aromatic carbocycles. The van der Waals surface area contributed by atoms with Crippen LogP contribution in [0.1, 0.15) is 50.2 Å². The number of pyridine rings is 1. The number of nitrogens with two attached hydrogens (primary N) is 1. The van der Waals surface area contributed by atoms with E-state index >= 15 is 0 Å². The summed E-state index contributed by atoms with van der Waals surface area (Å²) in [5.74, 6) is 0. The van der Waals surface area contributed by atoms with E-state index in [-0.39, 0.29) is 6.04 Å². The molecule has 2 N–H and O–H groups in total. The molecular formula is C15H21ClN4. The molecule has 0 aliphatic rings. The van der Waals surface area contributed by atoms with E-state index < -0.39 is 0 Å². The van der Waals surface area contributed by atoms with Crippen LogP contribution in [0.2, 0.25) is 5.02 Å². The molecule has 2 aromatic rings. The first-order valence-corrected chi connectivity index (χ1v) is 7.43. The van der Waals surface area contributed by atoms with Gasteiger partial charge in [0.2, 0.25) is 0 Å². The first-order valence-electron chi connectivity index (χ1n) is 7.05. The third-order valence-electron chi connectivity index (χ3n) is 3.55. The van der Waals surface area contributed by atoms with Gasteiger partial charge in [-0.15, -0.1) is 0 Å². The minimum Gasteiger partial charge on any atom is -0.322 e. The van der Waals surface area contributed by atoms with Gasteiger partial charge in [0.05, 0.1) is 28.5 Å². The fourth-order valence-corrected chi connectivity index (χ4v) is 2.61. The number of halogens is 1. The van der Waals surface area contributed by atoms with Gasteiger partial charge >= 0.3 is 0 Å². The quantitative estimate of drug-likeness (QED) is 0.886. The molecule has 2 heterocycles. The Bertz CT molecular complexity index is 548. The van der Waals surface area contributed by atoms with Crippen molar-refractivity contribution in [3.63, 3.8) is 0 Å². The summed E-state index contributed by atoms with van der Waals surface area (Å²) in [5, 5.41) is 5.22. The Morgan fingerprint density at radius 3 is 2.70 bits per heavy atom. The van der Waals surface area contributed by atoms with Gasteiger partial charge in [0.25, 0.3) is 0 Å². The summed E-state index contributed by atoms with van der Waals surface area (Å²) in [5.41, 5.74) is 7.89. The van der Waals surface area contributed by atoms with Gasteiger partial charge in [-0.25, -0.2) is 0 Å². The van der Waals surface area contributed by atoms with Crippen LogP contribution < -0.4 is 5.73 Å². The number of nitrogens with zero attached hydrogens (tertiary/aromatic N) is 3. The average molecular weight is 293 g/mol. The lowest BCUT2D eigenvalue weighted by Crippen LogP contribution is -2.16. The zero-order valence-corrected chi connectivity index (χ0v) is 12.7. The summed E-state index contributed by atoms with van der Waals surface area (Å²) in [6.07, 6.45) is 6.54. The lowest BCUT2D eigenvalue weighted by molar-refractivity contribution is 0.424. The summed E-state index contributed by atoms with van der Waals surface area (Å²) in [6.45, 7) is 4.35. The predicted octanol–water partition coefficient (Wildman–Crippen LogP) is 3.54. The highest BCUT2D eigenvalue weighted by Gasteiger charge is 2.15. The molecule has 0 aliphatic carbocycles. The topological polar surface area (TPSA) is 56.7 Å². The molecule has 1 unspecified atom stereocenters. The Kier molecular flexibility index (Phi) is 5.15. The standard InChI is InChI=1S/C15H21ClN4/c1-3-12(4-2)20-9-7-11(19-20)10-14(17)15-13(16)6-5-8-18-15/h5-9,12,14H,3-4,10,17H2,1-2H3. The SMILES string of the molecule is CCC(CC)n1ccc(CC(N)c2ncccc2Cl)n1. The monoisotopic (exact) mass is 292 g/mol. The van der Waals surface area contributed by atoms with Crippen LogP contribution in [0.5, 0.6) is 0 Å². The molecule has 0 saturated heterocycles. The van der Waals surface area contributed by atoms with Crippen LogP contribution >= 0.6 is 11.6 Å². The lowest BCUT2D eigenvalue weighted by Gasteiger charge is -2.13. The number of aromatic nitrogens is 3. The highest BCUT2D eigenvalue weighted by Crippen LogP contribution is 2.22. The second-order valence-corrected chi connectivity index (χ2v) is 5.35. The number of hydrogen-bond donors (Lipinski definition) is 1. The Labute approximate surface area is 125 Å². The molecule has 1 atom stereocenters. The average Bonchev–Trinajstić information content (AvgIpc) is 2.89. The van der Waals surface area contributed by atoms with Crippen LogP contribution in [-0.4, -0.2) is 14.8 Å². The van der Waals surface area contributed by atoms with Crippen LogP contribution in [0.25, 0.3) is 0 Å². The highest BCUT2D eigenvalue weighted by molar-refractivity contribution is 6.31. The number of rotatable bonds is 6. The molecular weight excluding hydrogens is 272 g/mol. The maximum atomic E-state index is 6.18. The van der Waals surface area contributed by atoms with Crippen LogP contribution in [0.3, 0.4) is 0 Å². The maximum absolute atomic E-state index is 6.18. The summed E-state index contributed by atoms with van der Waals surface area (Å²) in [4.78, 5) is 4.26. The van der Waals surface area contributed by atoms with Crippen molar-refractivity contribution in [3.8, 4) is 0 Å². The smallest absolute Gasteiger partial charge is 0.0760 e. The van der Waals surface area contributed by atoms with Crippen molar-refractivity contribution in [1.29, 1.82) is 0 Å². The molecule has 4 nitrogen and oxygen atoms in total. The van der Waals surface area contributed by atoms with Gasteiger partial charge in [0.1, 0.15) is 0 Å². The Hall–Kier alpha value is -1.39. The van der Waals surface area contributed by atoms with E-state index in [0.717, 1.165) is 24.2 Å². The van der Waals surface area contributed by atoms with Crippen molar-refractivity contribution in [2.75, 3.05) is 0 Å². The van der Waals surface area contributed by atoms with Crippen LogP contribution in [0.15, 0.2) is 30.6 Å². The largest absolute Gasteiger partial charge is 0.322 e. The molecule has 0 spiro atoms. The molecule has 0 aliphatic heterocycles. The van der Waals surface area contributed by atoms with Crippen molar-refractivity contribution < 1.29 is 0 Å². The molecule has 0 radical (unpaired) electrons. The summed E-state index contributed by atoms with van der Waals surface area (Å²) in [6, 6.07) is 5.87. The van der Waals surface area contributed by atoms with Gasteiger partial charge in [-0.3, -0.25) is 9.67 Å². The van der Waals surface area contributed by atoms with Crippen molar-refractivity contribution in [1.82, 2.24) is 14.8 Å². The third-order valence-corrected chi connectivity index (χ3v) is 3.87. The Morgan fingerprint density at radius 2 is 2.05 bits per heavy atom. The van der Waals surface area contributed by atoms with E-state index in [1.165, 1.54) is 0 Å². The molecule has 108 valence electrons. The Morgan fingerprint density at radius 1 is 1.30 bits per heavy atom. The predicted molar refractivity (Wildman–Crippen MR) is 81.7 cm³/mol. The number of hydrogen-bond acceptors (Lipinski definition) is 3. The van der Waals surface area contributed by atoms with Gasteiger partial charge in [-0.05, 0) is 31.0 Å². The summed E-state index contributed by atoms with van der Waals surface area (Å²) >= 11 is 6.12. The minimum absolute atomic E-state index is 0.228. The normalized spacial score (nSPS) is 12.8. The molecule has 0 amide bonds. The van der Waals surface area contributed by atoms with Crippen LogP contribution in [0.4, 0.5) is 0 Å². The Balaban J connectivity index is 2.09. The molecule has 2 rings (SSSR count). The van der Waals surface area contributed by atoms with Gasteiger partial charge in [-0.2, -0.15) is 5.10 Å². The first-order chi connectivity index (χ1) is 9.65. The highest BCUT2D eigenvalue weighted by atomic mass is 35.5. The molecule has 5 heteroatoms. The van der Waals surface area contributed by atoms with E-state index in [1.807, 2.05) is 23.0 Å². The fraction of sp³-hybridized carbons (Fsp3) is 0.467. The lowest BCUT2D eigenvalue weighted by atomic mass is 10.1. The van der Waals surface area contributed by atoms with E-state index in [0.29, 0.717) is 17.5 Å². The zero-order valence-electron chi connectivity index (χ0n) is 12.0. The zero-order chi connectivity index (χ0) is 14.5. The van der Waals surface area contributed by atoms with Crippen molar-refractivity contribution in [2.24, 2.45) is 5.73 Å². The second-order valence-electron chi connectivity index (χ2n) is 4.94. The van der Waals surface area contributed by atoms with Gasteiger partial charge in [-0.1, -0.05) is 25.4 Å². The minimum atomic E-state index is -0.228. The summed E-state index contributed by atoms with van der Waals surface area (Å²) < 4.78 is 2.03. The molecule has 0 bridgehead atoms. The van der Waals surface area contributed by atoms with E-state index in [1.54, 1.807) is 12.3 Å². The first kappa shape index (κ1) is 15.0.